The Morgan fingerprint density at radius 2 is 2.14 bits per heavy atom. The number of hydrogen-bond acceptors (Lipinski definition) is 2. The Bertz CT molecular complexity index is 389. The van der Waals surface area contributed by atoms with Gasteiger partial charge in [-0.15, -0.1) is 0 Å². The van der Waals surface area contributed by atoms with E-state index >= 15 is 0 Å². The van der Waals surface area contributed by atoms with Crippen LogP contribution in [0.3, 0.4) is 0 Å². The first-order valence-corrected chi connectivity index (χ1v) is 4.72. The fourth-order valence-electron chi connectivity index (χ4n) is 1.59. The lowest BCUT2D eigenvalue weighted by Crippen LogP contribution is -2.26. The molecule has 0 saturated heterocycles. The van der Waals surface area contributed by atoms with Gasteiger partial charge in [-0.3, -0.25) is 0 Å². The third kappa shape index (κ3) is 1.78. The number of H-pyrrole nitrogens is 1. The first-order chi connectivity index (χ1) is 6.79. The molecule has 0 unspecified atom stereocenters. The van der Waals surface area contributed by atoms with E-state index in [0.717, 1.165) is 11.2 Å². The molecule has 1 aromatic heterocycles. The molecule has 0 fully saturated rings. The SMILES string of the molecule is N[C@H](CO)Cc1cc2ccccc2[nH]1. The maximum absolute atomic E-state index is 8.83. The third-order valence-electron chi connectivity index (χ3n) is 2.30. The zero-order valence-corrected chi connectivity index (χ0v) is 7.90. The number of aliphatic hydroxyl groups is 1. The van der Waals surface area contributed by atoms with E-state index in [1.807, 2.05) is 18.2 Å². The van der Waals surface area contributed by atoms with Crippen molar-refractivity contribution in [1.29, 1.82) is 0 Å². The molecule has 1 aromatic carbocycles. The molecule has 14 heavy (non-hydrogen) atoms. The molecule has 3 nitrogen and oxygen atoms in total. The van der Waals surface area contributed by atoms with Crippen molar-refractivity contribution >= 4 is 10.9 Å². The zero-order valence-electron chi connectivity index (χ0n) is 7.90. The molecule has 4 N–H and O–H groups in total. The Balaban J connectivity index is 2.27. The van der Waals surface area contributed by atoms with E-state index in [9.17, 15) is 0 Å². The van der Waals surface area contributed by atoms with Crippen molar-refractivity contribution in [3.05, 3.63) is 36.0 Å². The summed E-state index contributed by atoms with van der Waals surface area (Å²) < 4.78 is 0. The highest BCUT2D eigenvalue weighted by atomic mass is 16.3. The molecule has 0 aliphatic carbocycles. The highest BCUT2D eigenvalue weighted by molar-refractivity contribution is 5.80. The van der Waals surface area contributed by atoms with E-state index in [1.54, 1.807) is 0 Å². The predicted molar refractivity (Wildman–Crippen MR) is 57.1 cm³/mol. The minimum atomic E-state index is -0.178. The second-order valence-corrected chi connectivity index (χ2v) is 3.53. The smallest absolute Gasteiger partial charge is 0.0586 e. The van der Waals surface area contributed by atoms with Gasteiger partial charge in [-0.25, -0.2) is 0 Å². The molecule has 0 aliphatic heterocycles. The molecule has 0 amide bonds. The first-order valence-electron chi connectivity index (χ1n) is 4.72. The Kier molecular flexibility index (Phi) is 2.52. The van der Waals surface area contributed by atoms with E-state index in [2.05, 4.69) is 17.1 Å². The van der Waals surface area contributed by atoms with Crippen molar-refractivity contribution in [2.24, 2.45) is 5.73 Å². The number of rotatable bonds is 3. The largest absolute Gasteiger partial charge is 0.395 e. The van der Waals surface area contributed by atoms with Gasteiger partial charge in [0.2, 0.25) is 0 Å². The second-order valence-electron chi connectivity index (χ2n) is 3.53. The lowest BCUT2D eigenvalue weighted by molar-refractivity contribution is 0.265. The van der Waals surface area contributed by atoms with Crippen molar-refractivity contribution in [3.8, 4) is 0 Å². The molecule has 0 spiro atoms. The van der Waals surface area contributed by atoms with Crippen LogP contribution in [0, 0.1) is 0 Å². The molecule has 74 valence electrons. The molecular weight excluding hydrogens is 176 g/mol. The average Bonchev–Trinajstić information content (AvgIpc) is 2.59. The molecule has 0 bridgehead atoms. The molecule has 1 heterocycles. The molecule has 0 radical (unpaired) electrons. The highest BCUT2D eigenvalue weighted by Crippen LogP contribution is 2.15. The number of aromatic amines is 1. The number of hydrogen-bond donors (Lipinski definition) is 3. The molecule has 0 saturated carbocycles. The molecular formula is C11H14N2O. The number of benzene rings is 1. The fraction of sp³-hybridized carbons (Fsp3) is 0.273. The number of para-hydroxylation sites is 1. The molecule has 2 aromatic rings. The number of aromatic nitrogens is 1. The van der Waals surface area contributed by atoms with E-state index in [-0.39, 0.29) is 12.6 Å². The van der Waals surface area contributed by atoms with Gasteiger partial charge in [-0.1, -0.05) is 18.2 Å². The summed E-state index contributed by atoms with van der Waals surface area (Å²) in [5, 5.41) is 10.0. The fourth-order valence-corrected chi connectivity index (χ4v) is 1.59. The van der Waals surface area contributed by atoms with Gasteiger partial charge >= 0.3 is 0 Å². The van der Waals surface area contributed by atoms with Crippen LogP contribution in [0.2, 0.25) is 0 Å². The van der Waals surface area contributed by atoms with Crippen molar-refractivity contribution in [2.45, 2.75) is 12.5 Å². The molecule has 0 aliphatic rings. The van der Waals surface area contributed by atoms with Crippen LogP contribution in [0.1, 0.15) is 5.69 Å². The summed E-state index contributed by atoms with van der Waals surface area (Å²) in [5.41, 5.74) is 7.85. The second kappa shape index (κ2) is 3.82. The summed E-state index contributed by atoms with van der Waals surface area (Å²) in [6.45, 7) is 0.0232. The number of aliphatic hydroxyl groups excluding tert-OH is 1. The minimum Gasteiger partial charge on any atom is -0.395 e. The number of nitrogens with two attached hydrogens (primary N) is 1. The van der Waals surface area contributed by atoms with Crippen molar-refractivity contribution in [3.63, 3.8) is 0 Å². The van der Waals surface area contributed by atoms with Gasteiger partial charge in [0.25, 0.3) is 0 Å². The normalized spacial score (nSPS) is 13.3. The average molecular weight is 190 g/mol. The van der Waals surface area contributed by atoms with Crippen molar-refractivity contribution in [2.75, 3.05) is 6.61 Å². The van der Waals surface area contributed by atoms with Gasteiger partial charge in [0.05, 0.1) is 6.61 Å². The molecule has 3 heteroatoms. The molecule has 2 rings (SSSR count). The summed E-state index contributed by atoms with van der Waals surface area (Å²) in [6.07, 6.45) is 0.686. The van der Waals surface area contributed by atoms with Gasteiger partial charge in [0.1, 0.15) is 0 Å². The maximum Gasteiger partial charge on any atom is 0.0586 e. The van der Waals surface area contributed by atoms with Gasteiger partial charge in [0, 0.05) is 23.7 Å². The Labute approximate surface area is 82.6 Å². The predicted octanol–water partition coefficient (Wildman–Crippen LogP) is 1.03. The number of nitrogens with one attached hydrogen (secondary N) is 1. The quantitative estimate of drug-likeness (QED) is 0.677. The lowest BCUT2D eigenvalue weighted by atomic mass is 10.2. The van der Waals surface area contributed by atoms with Gasteiger partial charge in [-0.05, 0) is 17.5 Å². The van der Waals surface area contributed by atoms with Crippen molar-refractivity contribution in [1.82, 2.24) is 4.98 Å². The summed E-state index contributed by atoms with van der Waals surface area (Å²) in [6, 6.07) is 9.98. The summed E-state index contributed by atoms with van der Waals surface area (Å²) in [5.74, 6) is 0. The summed E-state index contributed by atoms with van der Waals surface area (Å²) in [4.78, 5) is 3.27. The van der Waals surface area contributed by atoms with Crippen LogP contribution in [0.25, 0.3) is 10.9 Å². The Hall–Kier alpha value is -1.32. The van der Waals surface area contributed by atoms with Crippen LogP contribution in [0.4, 0.5) is 0 Å². The van der Waals surface area contributed by atoms with Crippen LogP contribution >= 0.6 is 0 Å². The highest BCUT2D eigenvalue weighted by Gasteiger charge is 2.04. The van der Waals surface area contributed by atoms with Crippen LogP contribution in [0.15, 0.2) is 30.3 Å². The van der Waals surface area contributed by atoms with E-state index in [1.165, 1.54) is 5.39 Å². The maximum atomic E-state index is 8.83. The topological polar surface area (TPSA) is 62.0 Å². The monoisotopic (exact) mass is 190 g/mol. The zero-order chi connectivity index (χ0) is 9.97. The van der Waals surface area contributed by atoms with Crippen LogP contribution in [-0.4, -0.2) is 22.7 Å². The van der Waals surface area contributed by atoms with Crippen LogP contribution in [-0.2, 0) is 6.42 Å². The lowest BCUT2D eigenvalue weighted by Gasteiger charge is -2.04. The third-order valence-corrected chi connectivity index (χ3v) is 2.30. The van der Waals surface area contributed by atoms with Gasteiger partial charge in [0.15, 0.2) is 0 Å². The Morgan fingerprint density at radius 3 is 2.86 bits per heavy atom. The first kappa shape index (κ1) is 9.24. The van der Waals surface area contributed by atoms with E-state index < -0.39 is 0 Å². The van der Waals surface area contributed by atoms with Gasteiger partial charge < -0.3 is 15.8 Å². The summed E-state index contributed by atoms with van der Waals surface area (Å²) >= 11 is 0. The number of fused-ring (bicyclic) bond motifs is 1. The standard InChI is InChI=1S/C11H14N2O/c12-9(7-14)6-10-5-8-3-1-2-4-11(8)13-10/h1-5,9,13-14H,6-7,12H2/t9-/m0/s1. The van der Waals surface area contributed by atoms with E-state index in [4.69, 9.17) is 10.8 Å². The Morgan fingerprint density at radius 1 is 1.36 bits per heavy atom. The van der Waals surface area contributed by atoms with Crippen molar-refractivity contribution < 1.29 is 5.11 Å². The van der Waals surface area contributed by atoms with Gasteiger partial charge in [-0.2, -0.15) is 0 Å². The molecule has 1 atom stereocenters. The van der Waals surface area contributed by atoms with Crippen LogP contribution < -0.4 is 5.73 Å². The minimum absolute atomic E-state index is 0.0232. The van der Waals surface area contributed by atoms with E-state index in [0.29, 0.717) is 6.42 Å². The summed E-state index contributed by atoms with van der Waals surface area (Å²) in [7, 11) is 0. The van der Waals surface area contributed by atoms with Crippen LogP contribution in [0.5, 0.6) is 0 Å².